The summed E-state index contributed by atoms with van der Waals surface area (Å²) in [6.45, 7) is 6.23. The topological polar surface area (TPSA) is 32.3 Å². The van der Waals surface area contributed by atoms with Crippen LogP contribution in [0.2, 0.25) is 0 Å². The third-order valence-corrected chi connectivity index (χ3v) is 3.77. The smallest absolute Gasteiger partial charge is 0.227 e. The summed E-state index contributed by atoms with van der Waals surface area (Å²) < 4.78 is 14.4. The zero-order valence-electron chi connectivity index (χ0n) is 11.2. The van der Waals surface area contributed by atoms with E-state index in [4.69, 9.17) is 0 Å². The third-order valence-electron chi connectivity index (χ3n) is 3.27. The predicted octanol–water partition coefficient (Wildman–Crippen LogP) is 2.34. The van der Waals surface area contributed by atoms with E-state index >= 15 is 0 Å². The van der Waals surface area contributed by atoms with Crippen LogP contribution in [0.25, 0.3) is 0 Å². The molecule has 1 heterocycles. The van der Waals surface area contributed by atoms with Crippen molar-refractivity contribution >= 4 is 21.8 Å². The van der Waals surface area contributed by atoms with E-state index in [9.17, 15) is 9.18 Å². The Balaban J connectivity index is 2.06. The second kappa shape index (κ2) is 5.59. The summed E-state index contributed by atoms with van der Waals surface area (Å²) in [6, 6.07) is 4.69. The Morgan fingerprint density at radius 2 is 2.26 bits per heavy atom. The highest BCUT2D eigenvalue weighted by Crippen LogP contribution is 2.18. The zero-order chi connectivity index (χ0) is 14.0. The van der Waals surface area contributed by atoms with Gasteiger partial charge in [-0.3, -0.25) is 4.79 Å². The van der Waals surface area contributed by atoms with Gasteiger partial charge < -0.3 is 10.2 Å². The Morgan fingerprint density at radius 1 is 1.53 bits per heavy atom. The van der Waals surface area contributed by atoms with Crippen LogP contribution in [0.3, 0.4) is 0 Å². The van der Waals surface area contributed by atoms with Gasteiger partial charge in [0, 0.05) is 29.6 Å². The third kappa shape index (κ3) is 3.76. The molecule has 0 atom stereocenters. The molecule has 1 aliphatic rings. The van der Waals surface area contributed by atoms with Crippen molar-refractivity contribution in [3.05, 3.63) is 34.1 Å². The molecule has 0 saturated carbocycles. The van der Waals surface area contributed by atoms with E-state index in [0.717, 1.165) is 11.0 Å². The molecule has 1 aliphatic heterocycles. The van der Waals surface area contributed by atoms with Gasteiger partial charge in [0.05, 0.1) is 6.42 Å². The lowest BCUT2D eigenvalue weighted by molar-refractivity contribution is -0.132. The summed E-state index contributed by atoms with van der Waals surface area (Å²) in [7, 11) is 0. The molecule has 5 heteroatoms. The molecule has 0 spiro atoms. The Morgan fingerprint density at radius 3 is 2.95 bits per heavy atom. The van der Waals surface area contributed by atoms with Gasteiger partial charge in [-0.1, -0.05) is 15.9 Å². The molecule has 19 heavy (non-hydrogen) atoms. The Hall–Kier alpha value is -0.940. The molecule has 0 aliphatic carbocycles. The fraction of sp³-hybridized carbons (Fsp3) is 0.500. The molecule has 3 nitrogen and oxygen atoms in total. The van der Waals surface area contributed by atoms with Crippen LogP contribution >= 0.6 is 15.9 Å². The van der Waals surface area contributed by atoms with Gasteiger partial charge >= 0.3 is 0 Å². The second-order valence-corrected chi connectivity index (χ2v) is 6.45. The van der Waals surface area contributed by atoms with E-state index < -0.39 is 0 Å². The number of carbonyl (C=O) groups is 1. The minimum Gasteiger partial charge on any atom is -0.339 e. The first-order valence-electron chi connectivity index (χ1n) is 6.34. The first kappa shape index (κ1) is 14.5. The Bertz CT molecular complexity index is 490. The van der Waals surface area contributed by atoms with Gasteiger partial charge in [0.25, 0.3) is 0 Å². The van der Waals surface area contributed by atoms with Crippen molar-refractivity contribution in [3.8, 4) is 0 Å². The molecule has 0 unspecified atom stereocenters. The van der Waals surface area contributed by atoms with E-state index in [2.05, 4.69) is 35.1 Å². The van der Waals surface area contributed by atoms with Crippen LogP contribution < -0.4 is 5.32 Å². The van der Waals surface area contributed by atoms with Gasteiger partial charge in [-0.15, -0.1) is 0 Å². The lowest BCUT2D eigenvalue weighted by atomic mass is 10.0. The number of benzene rings is 1. The number of halogens is 2. The van der Waals surface area contributed by atoms with Crippen LogP contribution in [0.5, 0.6) is 0 Å². The highest BCUT2D eigenvalue weighted by Gasteiger charge is 2.28. The maximum absolute atomic E-state index is 13.6. The first-order valence-corrected chi connectivity index (χ1v) is 7.13. The van der Waals surface area contributed by atoms with Crippen molar-refractivity contribution in [2.24, 2.45) is 0 Å². The molecule has 0 bridgehead atoms. The SMILES string of the molecule is CC1(C)CN(C(=O)Cc2cc(Br)ccc2F)CCN1. The predicted molar refractivity (Wildman–Crippen MR) is 76.5 cm³/mol. The lowest BCUT2D eigenvalue weighted by Gasteiger charge is -2.39. The number of amides is 1. The number of nitrogens with one attached hydrogen (secondary N) is 1. The van der Waals surface area contributed by atoms with Crippen molar-refractivity contribution in [2.45, 2.75) is 25.8 Å². The number of piperazine rings is 1. The van der Waals surface area contributed by atoms with Crippen LogP contribution in [0, 0.1) is 5.82 Å². The minimum atomic E-state index is -0.328. The van der Waals surface area contributed by atoms with Gasteiger partial charge in [-0.05, 0) is 37.6 Å². The molecule has 1 aromatic carbocycles. The number of hydrogen-bond acceptors (Lipinski definition) is 2. The first-order chi connectivity index (χ1) is 8.87. The average Bonchev–Trinajstić information content (AvgIpc) is 2.32. The average molecular weight is 329 g/mol. The van der Waals surface area contributed by atoms with E-state index in [1.54, 1.807) is 17.0 Å². The Kier molecular flexibility index (Phi) is 4.26. The Labute approximate surface area is 121 Å². The van der Waals surface area contributed by atoms with Crippen LogP contribution in [-0.2, 0) is 11.2 Å². The summed E-state index contributed by atoms with van der Waals surface area (Å²) in [5.74, 6) is -0.350. The van der Waals surface area contributed by atoms with Crippen LogP contribution in [0.15, 0.2) is 22.7 Å². The molecule has 1 N–H and O–H groups in total. The lowest BCUT2D eigenvalue weighted by Crippen LogP contribution is -2.58. The van der Waals surface area contributed by atoms with Gasteiger partial charge in [0.2, 0.25) is 5.91 Å². The molecular weight excluding hydrogens is 311 g/mol. The summed E-state index contributed by atoms with van der Waals surface area (Å²) in [4.78, 5) is 14.0. The molecular formula is C14H18BrFN2O. The second-order valence-electron chi connectivity index (χ2n) is 5.54. The highest BCUT2D eigenvalue weighted by molar-refractivity contribution is 9.10. The van der Waals surface area contributed by atoms with Crippen LogP contribution in [0.4, 0.5) is 4.39 Å². The summed E-state index contributed by atoms with van der Waals surface area (Å²) in [5, 5.41) is 3.35. The van der Waals surface area contributed by atoms with Gasteiger partial charge in [0.1, 0.15) is 5.82 Å². The largest absolute Gasteiger partial charge is 0.339 e. The molecule has 2 rings (SSSR count). The van der Waals surface area contributed by atoms with Crippen molar-refractivity contribution < 1.29 is 9.18 Å². The maximum atomic E-state index is 13.6. The minimum absolute atomic E-state index is 0.0217. The van der Waals surface area contributed by atoms with Crippen molar-refractivity contribution in [3.63, 3.8) is 0 Å². The quantitative estimate of drug-likeness (QED) is 0.903. The fourth-order valence-electron chi connectivity index (χ4n) is 2.31. The normalized spacial score (nSPS) is 18.4. The molecule has 1 fully saturated rings. The van der Waals surface area contributed by atoms with Crippen LogP contribution in [0.1, 0.15) is 19.4 Å². The van der Waals surface area contributed by atoms with E-state index in [-0.39, 0.29) is 23.7 Å². The van der Waals surface area contributed by atoms with Crippen LogP contribution in [-0.4, -0.2) is 36.0 Å². The van der Waals surface area contributed by atoms with E-state index in [1.165, 1.54) is 6.07 Å². The standard InChI is InChI=1S/C14H18BrFN2O/c1-14(2)9-18(6-5-17-14)13(19)8-10-7-11(15)3-4-12(10)16/h3-4,7,17H,5-6,8-9H2,1-2H3. The number of rotatable bonds is 2. The zero-order valence-corrected chi connectivity index (χ0v) is 12.8. The van der Waals surface area contributed by atoms with E-state index in [1.807, 2.05) is 0 Å². The van der Waals surface area contributed by atoms with Crippen molar-refractivity contribution in [2.75, 3.05) is 19.6 Å². The molecule has 0 aromatic heterocycles. The highest BCUT2D eigenvalue weighted by atomic mass is 79.9. The van der Waals surface area contributed by atoms with E-state index in [0.29, 0.717) is 18.7 Å². The summed E-state index contributed by atoms with van der Waals surface area (Å²) in [5.41, 5.74) is 0.361. The molecule has 1 amide bonds. The maximum Gasteiger partial charge on any atom is 0.227 e. The molecule has 104 valence electrons. The number of nitrogens with zero attached hydrogens (tertiary/aromatic N) is 1. The van der Waals surface area contributed by atoms with Gasteiger partial charge in [0.15, 0.2) is 0 Å². The number of hydrogen-bond donors (Lipinski definition) is 1. The monoisotopic (exact) mass is 328 g/mol. The van der Waals surface area contributed by atoms with Gasteiger partial charge in [-0.25, -0.2) is 4.39 Å². The fourth-order valence-corrected chi connectivity index (χ4v) is 2.72. The number of carbonyl (C=O) groups excluding carboxylic acids is 1. The van der Waals surface area contributed by atoms with Crippen molar-refractivity contribution in [1.29, 1.82) is 0 Å². The van der Waals surface area contributed by atoms with Gasteiger partial charge in [-0.2, -0.15) is 0 Å². The summed E-state index contributed by atoms with van der Waals surface area (Å²) >= 11 is 3.30. The summed E-state index contributed by atoms with van der Waals surface area (Å²) in [6.07, 6.45) is 0.112. The van der Waals surface area contributed by atoms with Crippen molar-refractivity contribution in [1.82, 2.24) is 10.2 Å². The molecule has 1 saturated heterocycles. The molecule has 1 aromatic rings. The molecule has 0 radical (unpaired) electrons.